The van der Waals surface area contributed by atoms with Crippen LogP contribution in [0.15, 0.2) is 30.4 Å². The van der Waals surface area contributed by atoms with E-state index >= 15 is 0 Å². The molecule has 0 heterocycles. The van der Waals surface area contributed by atoms with Crippen LogP contribution >= 0.6 is 0 Å². The second-order valence-corrected chi connectivity index (χ2v) is 5.12. The lowest BCUT2D eigenvalue weighted by Gasteiger charge is -2.08. The molecule has 0 radical (unpaired) electrons. The van der Waals surface area contributed by atoms with Gasteiger partial charge in [0.1, 0.15) is 5.75 Å². The van der Waals surface area contributed by atoms with Gasteiger partial charge in [-0.15, -0.1) is 18.4 Å². The Morgan fingerprint density at radius 1 is 1.40 bits per heavy atom. The Kier molecular flexibility index (Phi) is 6.90. The lowest BCUT2D eigenvalue weighted by Crippen LogP contribution is -2.04. The van der Waals surface area contributed by atoms with Crippen LogP contribution in [0.25, 0.3) is 0 Å². The van der Waals surface area contributed by atoms with Gasteiger partial charge in [0.25, 0.3) is 0 Å². The number of hydrogen-bond donors (Lipinski definition) is 1. The SMILES string of the molecule is C=C(C)CC(O)CC#CCCc1cccc(OC)c1C. The molecule has 0 fully saturated rings. The number of ether oxygens (including phenoxy) is 1. The lowest BCUT2D eigenvalue weighted by molar-refractivity contribution is 0.180. The third kappa shape index (κ3) is 5.50. The molecule has 1 unspecified atom stereocenters. The zero-order chi connectivity index (χ0) is 15.0. The van der Waals surface area contributed by atoms with Gasteiger partial charge in [0, 0.05) is 12.8 Å². The topological polar surface area (TPSA) is 29.5 Å². The van der Waals surface area contributed by atoms with Gasteiger partial charge in [-0.1, -0.05) is 17.7 Å². The first-order valence-corrected chi connectivity index (χ1v) is 6.95. The van der Waals surface area contributed by atoms with Crippen molar-refractivity contribution in [1.82, 2.24) is 0 Å². The van der Waals surface area contributed by atoms with Crippen molar-refractivity contribution in [1.29, 1.82) is 0 Å². The first kappa shape index (κ1) is 16.3. The maximum Gasteiger partial charge on any atom is 0.122 e. The molecule has 0 aliphatic rings. The van der Waals surface area contributed by atoms with E-state index in [4.69, 9.17) is 4.74 Å². The summed E-state index contributed by atoms with van der Waals surface area (Å²) in [6.45, 7) is 7.77. The summed E-state index contributed by atoms with van der Waals surface area (Å²) in [4.78, 5) is 0. The fourth-order valence-corrected chi connectivity index (χ4v) is 2.10. The van der Waals surface area contributed by atoms with Gasteiger partial charge in [-0.05, 0) is 43.9 Å². The first-order valence-electron chi connectivity index (χ1n) is 6.95. The van der Waals surface area contributed by atoms with Crippen LogP contribution in [0.2, 0.25) is 0 Å². The van der Waals surface area contributed by atoms with Crippen molar-refractivity contribution in [3.63, 3.8) is 0 Å². The second-order valence-electron chi connectivity index (χ2n) is 5.12. The molecule has 0 saturated carbocycles. The molecule has 108 valence electrons. The van der Waals surface area contributed by atoms with Crippen LogP contribution in [-0.4, -0.2) is 18.3 Å². The van der Waals surface area contributed by atoms with Crippen LogP contribution in [0.4, 0.5) is 0 Å². The molecule has 2 nitrogen and oxygen atoms in total. The van der Waals surface area contributed by atoms with E-state index in [1.165, 1.54) is 11.1 Å². The van der Waals surface area contributed by atoms with Crippen LogP contribution < -0.4 is 4.74 Å². The Morgan fingerprint density at radius 3 is 2.80 bits per heavy atom. The number of aryl methyl sites for hydroxylation is 1. The minimum Gasteiger partial charge on any atom is -0.496 e. The average Bonchev–Trinajstić information content (AvgIpc) is 2.39. The minimum atomic E-state index is -0.390. The number of methoxy groups -OCH3 is 1. The van der Waals surface area contributed by atoms with Crippen molar-refractivity contribution in [3.05, 3.63) is 41.5 Å². The van der Waals surface area contributed by atoms with Crippen molar-refractivity contribution in [3.8, 4) is 17.6 Å². The van der Waals surface area contributed by atoms with Crippen molar-refractivity contribution in [2.24, 2.45) is 0 Å². The highest BCUT2D eigenvalue weighted by atomic mass is 16.5. The Bertz CT molecular complexity index is 506. The van der Waals surface area contributed by atoms with Crippen LogP contribution in [0.3, 0.4) is 0 Å². The van der Waals surface area contributed by atoms with Crippen molar-refractivity contribution >= 4 is 0 Å². The van der Waals surface area contributed by atoms with Crippen LogP contribution in [0.5, 0.6) is 5.75 Å². The highest BCUT2D eigenvalue weighted by Crippen LogP contribution is 2.21. The summed E-state index contributed by atoms with van der Waals surface area (Å²) in [6.07, 6.45) is 2.46. The molecule has 1 N–H and O–H groups in total. The van der Waals surface area contributed by atoms with E-state index in [-0.39, 0.29) is 0 Å². The number of benzene rings is 1. The van der Waals surface area contributed by atoms with Gasteiger partial charge < -0.3 is 9.84 Å². The molecule has 1 aromatic rings. The molecule has 2 heteroatoms. The van der Waals surface area contributed by atoms with Gasteiger partial charge in [0.15, 0.2) is 0 Å². The summed E-state index contributed by atoms with van der Waals surface area (Å²) in [5.41, 5.74) is 3.44. The van der Waals surface area contributed by atoms with Gasteiger partial charge in [0.2, 0.25) is 0 Å². The van der Waals surface area contributed by atoms with Gasteiger partial charge in [-0.2, -0.15) is 0 Å². The number of rotatable bonds is 6. The van der Waals surface area contributed by atoms with E-state index < -0.39 is 6.10 Å². The van der Waals surface area contributed by atoms with Gasteiger partial charge in [-0.3, -0.25) is 0 Å². The van der Waals surface area contributed by atoms with Gasteiger partial charge in [0.05, 0.1) is 13.2 Å². The Labute approximate surface area is 122 Å². The van der Waals surface area contributed by atoms with E-state index in [0.29, 0.717) is 12.8 Å². The summed E-state index contributed by atoms with van der Waals surface area (Å²) < 4.78 is 5.30. The fraction of sp³-hybridized carbons (Fsp3) is 0.444. The molecule has 0 bridgehead atoms. The molecule has 0 spiro atoms. The monoisotopic (exact) mass is 272 g/mol. The van der Waals surface area contributed by atoms with E-state index in [0.717, 1.165) is 24.2 Å². The molecule has 1 aromatic carbocycles. The number of aliphatic hydroxyl groups is 1. The maximum atomic E-state index is 9.67. The molecule has 0 aromatic heterocycles. The Hall–Kier alpha value is -1.72. The third-order valence-corrected chi connectivity index (χ3v) is 3.18. The van der Waals surface area contributed by atoms with Crippen molar-refractivity contribution in [2.45, 2.75) is 45.6 Å². The van der Waals surface area contributed by atoms with Crippen LogP contribution in [0, 0.1) is 18.8 Å². The fourth-order valence-electron chi connectivity index (χ4n) is 2.10. The minimum absolute atomic E-state index is 0.390. The summed E-state index contributed by atoms with van der Waals surface area (Å²) in [5, 5.41) is 9.67. The van der Waals surface area contributed by atoms with Gasteiger partial charge >= 0.3 is 0 Å². The number of hydrogen-bond acceptors (Lipinski definition) is 2. The smallest absolute Gasteiger partial charge is 0.122 e. The lowest BCUT2D eigenvalue weighted by atomic mass is 10.0. The Morgan fingerprint density at radius 2 is 2.15 bits per heavy atom. The highest BCUT2D eigenvalue weighted by molar-refractivity contribution is 5.39. The average molecular weight is 272 g/mol. The first-order chi connectivity index (χ1) is 9.54. The standard InChI is InChI=1S/C18H24O2/c1-14(2)13-17(19)11-7-5-6-9-16-10-8-12-18(20-4)15(16)3/h8,10,12,17,19H,1,6,9,11,13H2,2-4H3. The van der Waals surface area contributed by atoms with E-state index in [2.05, 4.69) is 31.4 Å². The molecule has 0 saturated heterocycles. The van der Waals surface area contributed by atoms with E-state index in [9.17, 15) is 5.11 Å². The van der Waals surface area contributed by atoms with E-state index in [1.807, 2.05) is 19.1 Å². The third-order valence-electron chi connectivity index (χ3n) is 3.18. The van der Waals surface area contributed by atoms with Crippen LogP contribution in [0.1, 0.15) is 37.3 Å². The molecule has 0 aliphatic carbocycles. The molecule has 0 amide bonds. The highest BCUT2D eigenvalue weighted by Gasteiger charge is 2.03. The predicted octanol–water partition coefficient (Wildman–Crippen LogP) is 3.66. The predicted molar refractivity (Wildman–Crippen MR) is 83.9 cm³/mol. The maximum absolute atomic E-state index is 9.67. The van der Waals surface area contributed by atoms with Crippen molar-refractivity contribution in [2.75, 3.05) is 7.11 Å². The summed E-state index contributed by atoms with van der Waals surface area (Å²) in [7, 11) is 1.69. The van der Waals surface area contributed by atoms with Crippen molar-refractivity contribution < 1.29 is 9.84 Å². The molecular weight excluding hydrogens is 248 g/mol. The summed E-state index contributed by atoms with van der Waals surface area (Å²) in [5.74, 6) is 7.08. The van der Waals surface area contributed by atoms with E-state index in [1.54, 1.807) is 7.11 Å². The Balaban J connectivity index is 2.44. The quantitative estimate of drug-likeness (QED) is 0.632. The summed E-state index contributed by atoms with van der Waals surface area (Å²) in [6, 6.07) is 6.08. The summed E-state index contributed by atoms with van der Waals surface area (Å²) >= 11 is 0. The molecule has 1 rings (SSSR count). The van der Waals surface area contributed by atoms with Gasteiger partial charge in [-0.25, -0.2) is 0 Å². The van der Waals surface area contributed by atoms with Crippen LogP contribution in [-0.2, 0) is 6.42 Å². The molecular formula is C18H24O2. The molecule has 20 heavy (non-hydrogen) atoms. The normalized spacial score (nSPS) is 11.4. The zero-order valence-corrected chi connectivity index (χ0v) is 12.7. The zero-order valence-electron chi connectivity index (χ0n) is 12.7. The largest absolute Gasteiger partial charge is 0.496 e. The molecule has 0 aliphatic heterocycles. The molecule has 1 atom stereocenters. The second kappa shape index (κ2) is 8.45. The number of aliphatic hydroxyl groups excluding tert-OH is 1.